The van der Waals surface area contributed by atoms with Crippen LogP contribution in [0.5, 0.6) is 0 Å². The first-order valence-corrected chi connectivity index (χ1v) is 7.13. The molecule has 3 N–H and O–H groups in total. The van der Waals surface area contributed by atoms with E-state index in [-0.39, 0.29) is 0 Å². The Balaban J connectivity index is 2.14. The number of nitrogens with one attached hydrogen (secondary N) is 1. The van der Waals surface area contributed by atoms with Gasteiger partial charge < -0.3 is 11.1 Å². The van der Waals surface area contributed by atoms with Crippen LogP contribution in [0.15, 0.2) is 24.3 Å². The zero-order valence-corrected chi connectivity index (χ0v) is 12.3. The number of halogens is 1. The van der Waals surface area contributed by atoms with Gasteiger partial charge in [-0.05, 0) is 44.0 Å². The Hall–Kier alpha value is -2.14. The molecule has 0 saturated heterocycles. The highest BCUT2D eigenvalue weighted by Gasteiger charge is 2.23. The Morgan fingerprint density at radius 1 is 1.33 bits per heavy atom. The number of primary amides is 1. The molecule has 0 aliphatic heterocycles. The number of nitrogens with zero attached hydrogens (tertiary/aromatic N) is 2. The SMILES string of the molecule is Cc1cc(C(N)=O)c(-c2cc(Cl)ccc2NC2CC2)nn1. The van der Waals surface area contributed by atoms with Crippen LogP contribution in [-0.4, -0.2) is 22.1 Å². The van der Waals surface area contributed by atoms with Gasteiger partial charge in [0, 0.05) is 22.3 Å². The molecule has 0 radical (unpaired) electrons. The number of rotatable bonds is 4. The van der Waals surface area contributed by atoms with Crippen LogP contribution in [0.1, 0.15) is 28.9 Å². The molecule has 0 atom stereocenters. The van der Waals surface area contributed by atoms with Crippen LogP contribution < -0.4 is 11.1 Å². The third-order valence-electron chi connectivity index (χ3n) is 3.36. The largest absolute Gasteiger partial charge is 0.382 e. The standard InChI is InChI=1S/C15H15ClN4O/c1-8-6-12(15(17)21)14(20-19-8)11-7-9(16)2-5-13(11)18-10-3-4-10/h2,5-7,10,18H,3-4H2,1H3,(H2,17,21). The second-order valence-corrected chi connectivity index (χ2v) is 5.66. The normalized spacial score (nSPS) is 14.0. The number of amides is 1. The third kappa shape index (κ3) is 2.97. The van der Waals surface area contributed by atoms with Crippen molar-refractivity contribution in [2.75, 3.05) is 5.32 Å². The summed E-state index contributed by atoms with van der Waals surface area (Å²) in [6, 6.07) is 7.59. The number of carbonyl (C=O) groups is 1. The molecule has 1 aromatic heterocycles. The first-order valence-electron chi connectivity index (χ1n) is 6.75. The molecule has 3 rings (SSSR count). The molecule has 1 heterocycles. The number of aryl methyl sites for hydroxylation is 1. The van der Waals surface area contributed by atoms with Crippen molar-refractivity contribution in [1.82, 2.24) is 10.2 Å². The predicted molar refractivity (Wildman–Crippen MR) is 82.4 cm³/mol. The quantitative estimate of drug-likeness (QED) is 0.910. The summed E-state index contributed by atoms with van der Waals surface area (Å²) in [5.41, 5.74) is 8.55. The minimum atomic E-state index is -0.527. The Labute approximate surface area is 127 Å². The maximum atomic E-state index is 11.7. The van der Waals surface area contributed by atoms with E-state index in [0.29, 0.717) is 28.0 Å². The van der Waals surface area contributed by atoms with Gasteiger partial charge in [0.25, 0.3) is 5.91 Å². The molecule has 1 amide bonds. The molecule has 2 aromatic rings. The highest BCUT2D eigenvalue weighted by atomic mass is 35.5. The molecule has 21 heavy (non-hydrogen) atoms. The summed E-state index contributed by atoms with van der Waals surface area (Å²) in [5, 5.41) is 12.2. The zero-order valence-electron chi connectivity index (χ0n) is 11.6. The lowest BCUT2D eigenvalue weighted by atomic mass is 10.0. The number of benzene rings is 1. The fraction of sp³-hybridized carbons (Fsp3) is 0.267. The second-order valence-electron chi connectivity index (χ2n) is 5.22. The van der Waals surface area contributed by atoms with Crippen molar-refractivity contribution in [2.45, 2.75) is 25.8 Å². The van der Waals surface area contributed by atoms with E-state index in [2.05, 4.69) is 15.5 Å². The molecule has 0 bridgehead atoms. The van der Waals surface area contributed by atoms with Gasteiger partial charge in [-0.1, -0.05) is 11.6 Å². The number of carbonyl (C=O) groups excluding carboxylic acids is 1. The van der Waals surface area contributed by atoms with Gasteiger partial charge in [-0.3, -0.25) is 4.79 Å². The highest BCUT2D eigenvalue weighted by molar-refractivity contribution is 6.31. The van der Waals surface area contributed by atoms with Gasteiger partial charge in [0.15, 0.2) is 0 Å². The van der Waals surface area contributed by atoms with Crippen LogP contribution in [0.3, 0.4) is 0 Å². The molecule has 0 unspecified atom stereocenters. The lowest BCUT2D eigenvalue weighted by Crippen LogP contribution is -2.15. The Kier molecular flexibility index (Phi) is 3.51. The van der Waals surface area contributed by atoms with Crippen molar-refractivity contribution in [1.29, 1.82) is 0 Å². The Bertz CT molecular complexity index is 713. The molecular formula is C15H15ClN4O. The van der Waals surface area contributed by atoms with E-state index in [1.165, 1.54) is 0 Å². The van der Waals surface area contributed by atoms with E-state index in [0.717, 1.165) is 24.1 Å². The maximum Gasteiger partial charge on any atom is 0.251 e. The molecule has 1 aliphatic carbocycles. The average Bonchev–Trinajstić information content (AvgIpc) is 3.25. The van der Waals surface area contributed by atoms with Crippen molar-refractivity contribution in [2.24, 2.45) is 5.73 Å². The van der Waals surface area contributed by atoms with Gasteiger partial charge in [0.1, 0.15) is 5.69 Å². The third-order valence-corrected chi connectivity index (χ3v) is 3.59. The van der Waals surface area contributed by atoms with Gasteiger partial charge in [-0.25, -0.2) is 0 Å². The first-order chi connectivity index (χ1) is 10.0. The van der Waals surface area contributed by atoms with Gasteiger partial charge in [0.05, 0.1) is 11.3 Å². The molecule has 1 aliphatic rings. The van der Waals surface area contributed by atoms with Crippen LogP contribution in [0.4, 0.5) is 5.69 Å². The van der Waals surface area contributed by atoms with Crippen molar-refractivity contribution in [3.8, 4) is 11.3 Å². The maximum absolute atomic E-state index is 11.7. The molecule has 5 nitrogen and oxygen atoms in total. The van der Waals surface area contributed by atoms with Crippen LogP contribution >= 0.6 is 11.6 Å². The van der Waals surface area contributed by atoms with E-state index in [1.54, 1.807) is 25.1 Å². The van der Waals surface area contributed by atoms with E-state index in [4.69, 9.17) is 17.3 Å². The van der Waals surface area contributed by atoms with E-state index in [9.17, 15) is 4.79 Å². The topological polar surface area (TPSA) is 80.9 Å². The van der Waals surface area contributed by atoms with E-state index < -0.39 is 5.91 Å². The molecule has 1 aromatic carbocycles. The van der Waals surface area contributed by atoms with Crippen molar-refractivity contribution in [3.63, 3.8) is 0 Å². The average molecular weight is 303 g/mol. The number of aromatic nitrogens is 2. The van der Waals surface area contributed by atoms with Crippen molar-refractivity contribution >= 4 is 23.2 Å². The summed E-state index contributed by atoms with van der Waals surface area (Å²) >= 11 is 6.09. The number of nitrogens with two attached hydrogens (primary N) is 1. The minimum absolute atomic E-state index is 0.351. The second kappa shape index (κ2) is 5.33. The Morgan fingerprint density at radius 2 is 2.10 bits per heavy atom. The van der Waals surface area contributed by atoms with Gasteiger partial charge in [0.2, 0.25) is 0 Å². The minimum Gasteiger partial charge on any atom is -0.382 e. The summed E-state index contributed by atoms with van der Waals surface area (Å²) in [6.07, 6.45) is 2.29. The predicted octanol–water partition coefficient (Wildman–Crippen LogP) is 2.78. The summed E-state index contributed by atoms with van der Waals surface area (Å²) < 4.78 is 0. The number of hydrogen-bond acceptors (Lipinski definition) is 4. The summed E-state index contributed by atoms with van der Waals surface area (Å²) in [5.74, 6) is -0.527. The molecule has 0 spiro atoms. The van der Waals surface area contributed by atoms with Crippen LogP contribution in [0.25, 0.3) is 11.3 Å². The summed E-state index contributed by atoms with van der Waals surface area (Å²) in [7, 11) is 0. The summed E-state index contributed by atoms with van der Waals surface area (Å²) in [4.78, 5) is 11.7. The van der Waals surface area contributed by atoms with E-state index in [1.807, 2.05) is 6.07 Å². The fourth-order valence-electron chi connectivity index (χ4n) is 2.16. The molecule has 1 saturated carbocycles. The van der Waals surface area contributed by atoms with Crippen molar-refractivity contribution in [3.05, 3.63) is 40.5 Å². The molecule has 1 fully saturated rings. The summed E-state index contributed by atoms with van der Waals surface area (Å²) in [6.45, 7) is 1.77. The number of hydrogen-bond donors (Lipinski definition) is 2. The molecule has 6 heteroatoms. The number of anilines is 1. The molecular weight excluding hydrogens is 288 g/mol. The van der Waals surface area contributed by atoms with Gasteiger partial charge >= 0.3 is 0 Å². The van der Waals surface area contributed by atoms with Crippen LogP contribution in [-0.2, 0) is 0 Å². The van der Waals surface area contributed by atoms with Gasteiger partial charge in [-0.15, -0.1) is 5.10 Å². The fourth-order valence-corrected chi connectivity index (χ4v) is 2.33. The lowest BCUT2D eigenvalue weighted by Gasteiger charge is -2.13. The zero-order chi connectivity index (χ0) is 15.0. The smallest absolute Gasteiger partial charge is 0.251 e. The Morgan fingerprint density at radius 3 is 2.76 bits per heavy atom. The van der Waals surface area contributed by atoms with E-state index >= 15 is 0 Å². The van der Waals surface area contributed by atoms with Gasteiger partial charge in [-0.2, -0.15) is 5.10 Å². The molecule has 108 valence electrons. The van der Waals surface area contributed by atoms with Crippen molar-refractivity contribution < 1.29 is 4.79 Å². The van der Waals surface area contributed by atoms with Crippen LogP contribution in [0, 0.1) is 6.92 Å². The lowest BCUT2D eigenvalue weighted by molar-refractivity contribution is 0.100. The highest BCUT2D eigenvalue weighted by Crippen LogP contribution is 2.34. The monoisotopic (exact) mass is 302 g/mol. The van der Waals surface area contributed by atoms with Crippen LogP contribution in [0.2, 0.25) is 5.02 Å². The first kappa shape index (κ1) is 13.8.